The van der Waals surface area contributed by atoms with Gasteiger partial charge in [-0.25, -0.2) is 0 Å². The van der Waals surface area contributed by atoms with Gasteiger partial charge in [0.2, 0.25) is 0 Å². The second-order valence-electron chi connectivity index (χ2n) is 4.57. The molecule has 4 nitrogen and oxygen atoms in total. The Morgan fingerprint density at radius 3 is 2.53 bits per heavy atom. The standard InChI is InChI=1S/C13H17NO3/c1-16-11-6-9(8-15)5-10(12(11)17-2)7-13(14)3-4-13/h5-6,8H,3-4,7,14H2,1-2H3. The van der Waals surface area contributed by atoms with Gasteiger partial charge in [-0.05, 0) is 31.4 Å². The minimum absolute atomic E-state index is 0.125. The van der Waals surface area contributed by atoms with Gasteiger partial charge in [0.15, 0.2) is 11.5 Å². The molecular formula is C13H17NO3. The Bertz CT molecular complexity index is 439. The maximum absolute atomic E-state index is 10.9. The van der Waals surface area contributed by atoms with Crippen LogP contribution in [0, 0.1) is 0 Å². The molecule has 1 saturated carbocycles. The highest BCUT2D eigenvalue weighted by atomic mass is 16.5. The van der Waals surface area contributed by atoms with Gasteiger partial charge in [0.25, 0.3) is 0 Å². The van der Waals surface area contributed by atoms with E-state index in [2.05, 4.69) is 0 Å². The van der Waals surface area contributed by atoms with Crippen molar-refractivity contribution in [2.45, 2.75) is 24.8 Å². The molecule has 1 aliphatic rings. The summed E-state index contributed by atoms with van der Waals surface area (Å²) in [6.45, 7) is 0. The highest BCUT2D eigenvalue weighted by Gasteiger charge is 2.39. The third-order valence-corrected chi connectivity index (χ3v) is 3.15. The van der Waals surface area contributed by atoms with Crippen LogP contribution >= 0.6 is 0 Å². The Kier molecular flexibility index (Phi) is 3.07. The zero-order valence-corrected chi connectivity index (χ0v) is 10.2. The molecule has 1 aliphatic carbocycles. The largest absolute Gasteiger partial charge is 0.493 e. The van der Waals surface area contributed by atoms with Gasteiger partial charge in [0.05, 0.1) is 14.2 Å². The average Bonchev–Trinajstić information content (AvgIpc) is 3.05. The van der Waals surface area contributed by atoms with Crippen molar-refractivity contribution in [3.63, 3.8) is 0 Å². The van der Waals surface area contributed by atoms with E-state index >= 15 is 0 Å². The van der Waals surface area contributed by atoms with E-state index < -0.39 is 0 Å². The van der Waals surface area contributed by atoms with Crippen LogP contribution in [-0.2, 0) is 6.42 Å². The molecule has 0 radical (unpaired) electrons. The first-order valence-corrected chi connectivity index (χ1v) is 5.61. The van der Waals surface area contributed by atoms with Crippen molar-refractivity contribution in [2.24, 2.45) is 5.73 Å². The number of carbonyl (C=O) groups is 1. The molecule has 92 valence electrons. The summed E-state index contributed by atoms with van der Waals surface area (Å²) >= 11 is 0. The van der Waals surface area contributed by atoms with Gasteiger partial charge in [-0.3, -0.25) is 4.79 Å². The summed E-state index contributed by atoms with van der Waals surface area (Å²) in [6, 6.07) is 3.49. The molecule has 1 aromatic carbocycles. The summed E-state index contributed by atoms with van der Waals surface area (Å²) in [4.78, 5) is 10.9. The summed E-state index contributed by atoms with van der Waals surface area (Å²) in [6.07, 6.45) is 3.56. The Labute approximate surface area is 101 Å². The number of benzene rings is 1. The van der Waals surface area contributed by atoms with Crippen molar-refractivity contribution in [2.75, 3.05) is 14.2 Å². The van der Waals surface area contributed by atoms with E-state index in [9.17, 15) is 4.79 Å². The maximum atomic E-state index is 10.9. The lowest BCUT2D eigenvalue weighted by Gasteiger charge is -2.16. The van der Waals surface area contributed by atoms with Crippen LogP contribution in [0.25, 0.3) is 0 Å². The van der Waals surface area contributed by atoms with Crippen molar-refractivity contribution in [3.8, 4) is 11.5 Å². The smallest absolute Gasteiger partial charge is 0.164 e. The van der Waals surface area contributed by atoms with Gasteiger partial charge in [0, 0.05) is 16.7 Å². The SMILES string of the molecule is COc1cc(C=O)cc(CC2(N)CC2)c1OC. The second kappa shape index (κ2) is 4.37. The van der Waals surface area contributed by atoms with Gasteiger partial charge in [-0.1, -0.05) is 0 Å². The first kappa shape index (κ1) is 11.9. The fourth-order valence-electron chi connectivity index (χ4n) is 1.98. The summed E-state index contributed by atoms with van der Waals surface area (Å²) in [5.74, 6) is 1.26. The number of aldehydes is 1. The van der Waals surface area contributed by atoms with Crippen molar-refractivity contribution in [1.29, 1.82) is 0 Å². The molecule has 1 aromatic rings. The quantitative estimate of drug-likeness (QED) is 0.786. The maximum Gasteiger partial charge on any atom is 0.164 e. The van der Waals surface area contributed by atoms with Crippen LogP contribution in [0.3, 0.4) is 0 Å². The van der Waals surface area contributed by atoms with E-state index in [1.54, 1.807) is 20.3 Å². The minimum Gasteiger partial charge on any atom is -0.493 e. The number of carbonyl (C=O) groups excluding carboxylic acids is 1. The molecule has 0 unspecified atom stereocenters. The lowest BCUT2D eigenvalue weighted by atomic mass is 10.0. The van der Waals surface area contributed by atoms with E-state index in [4.69, 9.17) is 15.2 Å². The van der Waals surface area contributed by atoms with Crippen LogP contribution in [0.5, 0.6) is 11.5 Å². The summed E-state index contributed by atoms with van der Waals surface area (Å²) in [7, 11) is 3.16. The van der Waals surface area contributed by atoms with Crippen molar-refractivity contribution >= 4 is 6.29 Å². The molecule has 0 bridgehead atoms. The highest BCUT2D eigenvalue weighted by molar-refractivity contribution is 5.77. The third-order valence-electron chi connectivity index (χ3n) is 3.15. The Balaban J connectivity index is 2.42. The minimum atomic E-state index is -0.125. The van der Waals surface area contributed by atoms with E-state index in [0.29, 0.717) is 23.5 Å². The Hall–Kier alpha value is -1.55. The van der Waals surface area contributed by atoms with Crippen LogP contribution in [0.15, 0.2) is 12.1 Å². The van der Waals surface area contributed by atoms with Gasteiger partial charge < -0.3 is 15.2 Å². The number of rotatable bonds is 5. The molecule has 2 N–H and O–H groups in total. The molecule has 17 heavy (non-hydrogen) atoms. The zero-order chi connectivity index (χ0) is 12.5. The Morgan fingerprint density at radius 1 is 1.35 bits per heavy atom. The van der Waals surface area contributed by atoms with Gasteiger partial charge in [0.1, 0.15) is 6.29 Å². The third kappa shape index (κ3) is 2.42. The van der Waals surface area contributed by atoms with Crippen LogP contribution < -0.4 is 15.2 Å². The fraction of sp³-hybridized carbons (Fsp3) is 0.462. The predicted octanol–water partition coefficient (Wildman–Crippen LogP) is 1.55. The van der Waals surface area contributed by atoms with Crippen molar-refractivity contribution in [1.82, 2.24) is 0 Å². The second-order valence-corrected chi connectivity index (χ2v) is 4.57. The molecule has 2 rings (SSSR count). The lowest BCUT2D eigenvalue weighted by Crippen LogP contribution is -2.24. The van der Waals surface area contributed by atoms with Gasteiger partial charge in [-0.15, -0.1) is 0 Å². The van der Waals surface area contributed by atoms with Crippen LogP contribution in [-0.4, -0.2) is 26.0 Å². The predicted molar refractivity (Wildman–Crippen MR) is 64.8 cm³/mol. The lowest BCUT2D eigenvalue weighted by molar-refractivity contribution is 0.112. The van der Waals surface area contributed by atoms with Crippen molar-refractivity contribution in [3.05, 3.63) is 23.3 Å². The topological polar surface area (TPSA) is 61.5 Å². The highest BCUT2D eigenvalue weighted by Crippen LogP contribution is 2.40. The molecule has 0 saturated heterocycles. The number of hydrogen-bond donors (Lipinski definition) is 1. The van der Waals surface area contributed by atoms with E-state index in [1.807, 2.05) is 6.07 Å². The summed E-state index contributed by atoms with van der Waals surface area (Å²) < 4.78 is 10.6. The molecule has 0 heterocycles. The molecule has 1 fully saturated rings. The first-order valence-electron chi connectivity index (χ1n) is 5.61. The van der Waals surface area contributed by atoms with E-state index in [0.717, 1.165) is 24.7 Å². The average molecular weight is 235 g/mol. The molecule has 0 aliphatic heterocycles. The summed E-state index contributed by atoms with van der Waals surface area (Å²) in [5, 5.41) is 0. The van der Waals surface area contributed by atoms with Crippen LogP contribution in [0.2, 0.25) is 0 Å². The van der Waals surface area contributed by atoms with E-state index in [-0.39, 0.29) is 5.54 Å². The molecule has 0 amide bonds. The summed E-state index contributed by atoms with van der Waals surface area (Å²) in [5.41, 5.74) is 7.50. The Morgan fingerprint density at radius 2 is 2.06 bits per heavy atom. The molecule has 0 spiro atoms. The van der Waals surface area contributed by atoms with Crippen molar-refractivity contribution < 1.29 is 14.3 Å². The number of ether oxygens (including phenoxy) is 2. The number of methoxy groups -OCH3 is 2. The molecule has 0 atom stereocenters. The van der Waals surface area contributed by atoms with E-state index in [1.165, 1.54) is 0 Å². The fourth-order valence-corrected chi connectivity index (χ4v) is 1.98. The first-order chi connectivity index (χ1) is 8.11. The zero-order valence-electron chi connectivity index (χ0n) is 10.2. The normalized spacial score (nSPS) is 16.4. The van der Waals surface area contributed by atoms with Crippen LogP contribution in [0.4, 0.5) is 0 Å². The van der Waals surface area contributed by atoms with Gasteiger partial charge in [-0.2, -0.15) is 0 Å². The molecule has 0 aromatic heterocycles. The molecule has 4 heteroatoms. The number of nitrogens with two attached hydrogens (primary N) is 1. The monoisotopic (exact) mass is 235 g/mol. The van der Waals surface area contributed by atoms with Crippen LogP contribution in [0.1, 0.15) is 28.8 Å². The van der Waals surface area contributed by atoms with Gasteiger partial charge >= 0.3 is 0 Å². The molecular weight excluding hydrogens is 218 g/mol. The number of hydrogen-bond acceptors (Lipinski definition) is 4.